The van der Waals surface area contributed by atoms with Gasteiger partial charge in [0, 0.05) is 12.5 Å². The van der Waals surface area contributed by atoms with Crippen molar-refractivity contribution in [3.63, 3.8) is 0 Å². The van der Waals surface area contributed by atoms with E-state index in [1.807, 2.05) is 31.2 Å². The number of nitrogens with one attached hydrogen (secondary N) is 2. The second-order valence-corrected chi connectivity index (χ2v) is 6.68. The van der Waals surface area contributed by atoms with Gasteiger partial charge in [-0.25, -0.2) is 0 Å². The third-order valence-electron chi connectivity index (χ3n) is 4.75. The summed E-state index contributed by atoms with van der Waals surface area (Å²) in [7, 11) is 0. The van der Waals surface area contributed by atoms with Crippen LogP contribution in [0.4, 0.5) is 0 Å². The molecule has 1 saturated carbocycles. The first kappa shape index (κ1) is 18.5. The lowest BCUT2D eigenvalue weighted by Crippen LogP contribution is -2.47. The van der Waals surface area contributed by atoms with E-state index in [0.717, 1.165) is 36.8 Å². The molecule has 2 unspecified atom stereocenters. The number of aliphatic hydroxyl groups is 1. The highest BCUT2D eigenvalue weighted by molar-refractivity contribution is 5.88. The van der Waals surface area contributed by atoms with Gasteiger partial charge >= 0.3 is 0 Å². The van der Waals surface area contributed by atoms with E-state index < -0.39 is 12.1 Å². The fourth-order valence-corrected chi connectivity index (χ4v) is 3.18. The fraction of sp³-hybridized carbons (Fsp3) is 0.579. The number of aliphatic hydroxyl groups excluding tert-OH is 1. The Balaban J connectivity index is 1.79. The zero-order valence-electron chi connectivity index (χ0n) is 14.5. The molecule has 0 heterocycles. The molecule has 1 aromatic rings. The van der Waals surface area contributed by atoms with E-state index in [1.165, 1.54) is 6.42 Å². The maximum absolute atomic E-state index is 12.2. The molecule has 24 heavy (non-hydrogen) atoms. The van der Waals surface area contributed by atoms with Crippen LogP contribution in [0, 0.1) is 12.8 Å². The van der Waals surface area contributed by atoms with Gasteiger partial charge in [0.05, 0.1) is 6.10 Å². The normalized spacial score (nSPS) is 17.8. The first-order valence-corrected chi connectivity index (χ1v) is 8.80. The third-order valence-corrected chi connectivity index (χ3v) is 4.75. The molecule has 0 aromatic heterocycles. The number of benzene rings is 1. The highest BCUT2D eigenvalue weighted by Crippen LogP contribution is 2.23. The van der Waals surface area contributed by atoms with E-state index in [9.17, 15) is 14.7 Å². The van der Waals surface area contributed by atoms with Crippen molar-refractivity contribution in [2.75, 3.05) is 6.54 Å². The topological polar surface area (TPSA) is 78.4 Å². The minimum absolute atomic E-state index is 0.0307. The predicted molar refractivity (Wildman–Crippen MR) is 93.3 cm³/mol. The summed E-state index contributed by atoms with van der Waals surface area (Å²) in [6.45, 7) is 3.73. The SMILES string of the molecule is Cc1ccccc1C(O)CNC(=O)C(C)NC(=O)C1CCCCC1. The molecule has 1 aliphatic carbocycles. The minimum Gasteiger partial charge on any atom is -0.387 e. The van der Waals surface area contributed by atoms with Gasteiger partial charge in [-0.3, -0.25) is 9.59 Å². The number of amides is 2. The Kier molecular flexibility index (Phi) is 6.79. The Hall–Kier alpha value is -1.88. The molecule has 0 radical (unpaired) electrons. The first-order valence-electron chi connectivity index (χ1n) is 8.80. The van der Waals surface area contributed by atoms with E-state index in [0.29, 0.717) is 0 Å². The third kappa shape index (κ3) is 5.06. The van der Waals surface area contributed by atoms with Crippen LogP contribution in [-0.2, 0) is 9.59 Å². The van der Waals surface area contributed by atoms with E-state index in [-0.39, 0.29) is 24.3 Å². The van der Waals surface area contributed by atoms with Gasteiger partial charge in [-0.05, 0) is 37.8 Å². The molecule has 3 N–H and O–H groups in total. The molecule has 1 aliphatic rings. The van der Waals surface area contributed by atoms with Crippen LogP contribution < -0.4 is 10.6 Å². The number of rotatable bonds is 6. The van der Waals surface area contributed by atoms with Crippen LogP contribution in [0.1, 0.15) is 56.3 Å². The number of hydrogen-bond acceptors (Lipinski definition) is 3. The van der Waals surface area contributed by atoms with Crippen molar-refractivity contribution < 1.29 is 14.7 Å². The van der Waals surface area contributed by atoms with E-state index in [4.69, 9.17) is 0 Å². The molecule has 5 nitrogen and oxygen atoms in total. The van der Waals surface area contributed by atoms with Crippen molar-refractivity contribution in [2.24, 2.45) is 5.92 Å². The lowest BCUT2D eigenvalue weighted by atomic mass is 9.88. The molecule has 2 amide bonds. The summed E-state index contributed by atoms with van der Waals surface area (Å²) >= 11 is 0. The predicted octanol–water partition coefficient (Wildman–Crippen LogP) is 2.23. The van der Waals surface area contributed by atoms with Gasteiger partial charge in [-0.2, -0.15) is 0 Å². The second-order valence-electron chi connectivity index (χ2n) is 6.68. The summed E-state index contributed by atoms with van der Waals surface area (Å²) in [5.41, 5.74) is 1.79. The fourth-order valence-electron chi connectivity index (χ4n) is 3.18. The van der Waals surface area contributed by atoms with Crippen molar-refractivity contribution in [3.05, 3.63) is 35.4 Å². The van der Waals surface area contributed by atoms with Crippen molar-refractivity contribution in [1.29, 1.82) is 0 Å². The molecule has 0 bridgehead atoms. The maximum atomic E-state index is 12.2. The van der Waals surface area contributed by atoms with Crippen LogP contribution in [0.15, 0.2) is 24.3 Å². The van der Waals surface area contributed by atoms with E-state index in [1.54, 1.807) is 6.92 Å². The Bertz CT molecular complexity index is 567. The largest absolute Gasteiger partial charge is 0.387 e. The van der Waals surface area contributed by atoms with Gasteiger partial charge in [0.2, 0.25) is 11.8 Å². The van der Waals surface area contributed by atoms with Crippen LogP contribution in [0.2, 0.25) is 0 Å². The van der Waals surface area contributed by atoms with Gasteiger partial charge in [-0.15, -0.1) is 0 Å². The first-order chi connectivity index (χ1) is 11.5. The summed E-state index contributed by atoms with van der Waals surface area (Å²) in [5.74, 6) is -0.268. The lowest BCUT2D eigenvalue weighted by molar-refractivity contribution is -0.131. The Labute approximate surface area is 143 Å². The zero-order valence-corrected chi connectivity index (χ0v) is 14.5. The molecule has 0 aliphatic heterocycles. The smallest absolute Gasteiger partial charge is 0.242 e. The molecular formula is C19H28N2O3. The lowest BCUT2D eigenvalue weighted by Gasteiger charge is -2.23. The highest BCUT2D eigenvalue weighted by Gasteiger charge is 2.24. The number of carbonyl (C=O) groups excluding carboxylic acids is 2. The van der Waals surface area contributed by atoms with Gasteiger partial charge in [0.15, 0.2) is 0 Å². The molecule has 1 aromatic carbocycles. The highest BCUT2D eigenvalue weighted by atomic mass is 16.3. The van der Waals surface area contributed by atoms with Crippen LogP contribution >= 0.6 is 0 Å². The Morgan fingerprint density at radius 2 is 1.88 bits per heavy atom. The molecule has 2 atom stereocenters. The summed E-state index contributed by atoms with van der Waals surface area (Å²) in [6, 6.07) is 6.95. The average Bonchev–Trinajstić information content (AvgIpc) is 2.60. The number of carbonyl (C=O) groups is 2. The van der Waals surface area contributed by atoms with Gasteiger partial charge in [0.25, 0.3) is 0 Å². The van der Waals surface area contributed by atoms with Crippen LogP contribution in [-0.4, -0.2) is 29.5 Å². The van der Waals surface area contributed by atoms with Crippen LogP contribution in [0.5, 0.6) is 0 Å². The van der Waals surface area contributed by atoms with Gasteiger partial charge < -0.3 is 15.7 Å². The Morgan fingerprint density at radius 3 is 2.54 bits per heavy atom. The summed E-state index contributed by atoms with van der Waals surface area (Å²) in [5, 5.41) is 15.7. The molecular weight excluding hydrogens is 304 g/mol. The van der Waals surface area contributed by atoms with E-state index >= 15 is 0 Å². The molecule has 2 rings (SSSR count). The molecule has 0 saturated heterocycles. The standard InChI is InChI=1S/C19H28N2O3/c1-13-8-6-7-11-16(13)17(22)12-20-18(23)14(2)21-19(24)15-9-4-3-5-10-15/h6-8,11,14-15,17,22H,3-5,9-10,12H2,1-2H3,(H,20,23)(H,21,24). The van der Waals surface area contributed by atoms with Gasteiger partial charge in [0.1, 0.15) is 6.04 Å². The minimum atomic E-state index is -0.753. The van der Waals surface area contributed by atoms with Crippen molar-refractivity contribution in [2.45, 2.75) is 58.1 Å². The van der Waals surface area contributed by atoms with Gasteiger partial charge in [-0.1, -0.05) is 43.5 Å². The van der Waals surface area contributed by atoms with Crippen molar-refractivity contribution >= 4 is 11.8 Å². The van der Waals surface area contributed by atoms with Crippen molar-refractivity contribution in [3.8, 4) is 0 Å². The Morgan fingerprint density at radius 1 is 1.21 bits per heavy atom. The number of hydrogen-bond donors (Lipinski definition) is 3. The maximum Gasteiger partial charge on any atom is 0.242 e. The molecule has 5 heteroatoms. The monoisotopic (exact) mass is 332 g/mol. The van der Waals surface area contributed by atoms with E-state index in [2.05, 4.69) is 10.6 Å². The summed E-state index contributed by atoms with van der Waals surface area (Å²) in [4.78, 5) is 24.3. The number of aryl methyl sites for hydroxylation is 1. The summed E-state index contributed by atoms with van der Waals surface area (Å²) in [6.07, 6.45) is 4.42. The second kappa shape index (κ2) is 8.83. The quantitative estimate of drug-likeness (QED) is 0.747. The molecule has 0 spiro atoms. The van der Waals surface area contributed by atoms with Crippen LogP contribution in [0.3, 0.4) is 0 Å². The zero-order chi connectivity index (χ0) is 17.5. The average molecular weight is 332 g/mol. The summed E-state index contributed by atoms with van der Waals surface area (Å²) < 4.78 is 0. The molecule has 132 valence electrons. The molecule has 1 fully saturated rings. The van der Waals surface area contributed by atoms with Crippen molar-refractivity contribution in [1.82, 2.24) is 10.6 Å². The van der Waals surface area contributed by atoms with Crippen LogP contribution in [0.25, 0.3) is 0 Å².